The first-order valence-electron chi connectivity index (χ1n) is 3.03. The number of carbonyl (C=O) groups is 1. The highest BCUT2D eigenvalue weighted by Crippen LogP contribution is 1.88. The van der Waals surface area contributed by atoms with Crippen LogP contribution in [0.15, 0.2) is 11.6 Å². The van der Waals surface area contributed by atoms with Gasteiger partial charge in [-0.1, -0.05) is 6.08 Å². The van der Waals surface area contributed by atoms with Gasteiger partial charge in [0.15, 0.2) is 0 Å². The van der Waals surface area contributed by atoms with E-state index < -0.39 is 0 Å². The second-order valence-electron chi connectivity index (χ2n) is 1.62. The summed E-state index contributed by atoms with van der Waals surface area (Å²) in [4.78, 5) is 10.1. The first-order valence-corrected chi connectivity index (χ1v) is 3.03. The summed E-state index contributed by atoms with van der Waals surface area (Å²) in [7, 11) is 0. The van der Waals surface area contributed by atoms with Crippen LogP contribution in [-0.4, -0.2) is 19.5 Å². The van der Waals surface area contributed by atoms with Gasteiger partial charge in [-0.3, -0.25) is 4.79 Å². The summed E-state index contributed by atoms with van der Waals surface area (Å²) in [6.07, 6.45) is 2.57. The van der Waals surface area contributed by atoms with Gasteiger partial charge < -0.3 is 4.74 Å². The number of aldehydes is 1. The highest BCUT2D eigenvalue weighted by atomic mass is 16.5. The molecule has 0 spiro atoms. The number of carbonyl (C=O) groups excluding carboxylic acids is 1. The van der Waals surface area contributed by atoms with E-state index in [2.05, 4.69) is 0 Å². The van der Waals surface area contributed by atoms with Crippen molar-refractivity contribution in [1.82, 2.24) is 0 Å². The van der Waals surface area contributed by atoms with E-state index in [1.54, 1.807) is 6.08 Å². The minimum Gasteiger partial charge on any atom is -0.377 e. The van der Waals surface area contributed by atoms with Crippen LogP contribution in [0.1, 0.15) is 13.8 Å². The third-order valence-electron chi connectivity index (χ3n) is 0.995. The molecule has 0 heterocycles. The molecule has 0 rings (SSSR count). The van der Waals surface area contributed by atoms with Gasteiger partial charge in [-0.2, -0.15) is 0 Å². The van der Waals surface area contributed by atoms with Gasteiger partial charge in [0.25, 0.3) is 0 Å². The monoisotopic (exact) mass is 128 g/mol. The number of hydrogen-bond donors (Lipinski definition) is 0. The summed E-state index contributed by atoms with van der Waals surface area (Å²) in [5.74, 6) is 0. The Balaban J connectivity index is 3.45. The maximum absolute atomic E-state index is 10.1. The van der Waals surface area contributed by atoms with Gasteiger partial charge in [0.05, 0.1) is 6.61 Å². The standard InChI is InChI=1S/C7H12O2/c1-3-7(5-8)6-9-4-2/h3,5H,4,6H2,1-2H3/b7-3-. The summed E-state index contributed by atoms with van der Waals surface area (Å²) >= 11 is 0. The summed E-state index contributed by atoms with van der Waals surface area (Å²) in [6, 6.07) is 0. The van der Waals surface area contributed by atoms with Crippen molar-refractivity contribution in [2.24, 2.45) is 0 Å². The molecule has 0 N–H and O–H groups in total. The first kappa shape index (κ1) is 8.37. The average molecular weight is 128 g/mol. The number of ether oxygens (including phenoxy) is 1. The fourth-order valence-electron chi connectivity index (χ4n) is 0.405. The molecule has 0 aliphatic carbocycles. The van der Waals surface area contributed by atoms with Crippen LogP contribution in [0.25, 0.3) is 0 Å². The van der Waals surface area contributed by atoms with Crippen molar-refractivity contribution in [2.45, 2.75) is 13.8 Å². The van der Waals surface area contributed by atoms with Crippen LogP contribution in [0.4, 0.5) is 0 Å². The van der Waals surface area contributed by atoms with Crippen LogP contribution < -0.4 is 0 Å². The molecule has 0 amide bonds. The Hall–Kier alpha value is -0.630. The zero-order valence-corrected chi connectivity index (χ0v) is 5.89. The molecule has 0 aliphatic heterocycles. The van der Waals surface area contributed by atoms with E-state index in [-0.39, 0.29) is 0 Å². The fraction of sp³-hybridized carbons (Fsp3) is 0.571. The molecule has 52 valence electrons. The lowest BCUT2D eigenvalue weighted by atomic mass is 10.3. The maximum Gasteiger partial charge on any atom is 0.148 e. The Bertz CT molecular complexity index is 105. The van der Waals surface area contributed by atoms with Crippen molar-refractivity contribution < 1.29 is 9.53 Å². The summed E-state index contributed by atoms with van der Waals surface area (Å²) in [5, 5.41) is 0. The molecule has 0 aliphatic rings. The van der Waals surface area contributed by atoms with Crippen molar-refractivity contribution in [2.75, 3.05) is 13.2 Å². The SMILES string of the molecule is C/C=C(/C=O)COCC. The number of allylic oxidation sites excluding steroid dienone is 1. The van der Waals surface area contributed by atoms with Crippen molar-refractivity contribution >= 4 is 6.29 Å². The Morgan fingerprint density at radius 3 is 2.67 bits per heavy atom. The fourth-order valence-corrected chi connectivity index (χ4v) is 0.405. The molecular formula is C7H12O2. The van der Waals surface area contributed by atoms with Crippen LogP contribution in [0.2, 0.25) is 0 Å². The molecule has 0 aromatic carbocycles. The molecule has 0 aromatic rings. The molecule has 0 aromatic heterocycles. The predicted octanol–water partition coefficient (Wildman–Crippen LogP) is 1.17. The Kier molecular flexibility index (Phi) is 5.12. The molecule has 0 saturated carbocycles. The zero-order valence-electron chi connectivity index (χ0n) is 5.89. The van der Waals surface area contributed by atoms with E-state index in [0.29, 0.717) is 18.8 Å². The maximum atomic E-state index is 10.1. The molecule has 0 fully saturated rings. The van der Waals surface area contributed by atoms with Crippen LogP contribution in [0, 0.1) is 0 Å². The molecule has 9 heavy (non-hydrogen) atoms. The second-order valence-corrected chi connectivity index (χ2v) is 1.62. The van der Waals surface area contributed by atoms with E-state index in [1.165, 1.54) is 0 Å². The molecule has 0 saturated heterocycles. The lowest BCUT2D eigenvalue weighted by molar-refractivity contribution is -0.105. The highest BCUT2D eigenvalue weighted by molar-refractivity contribution is 5.73. The van der Waals surface area contributed by atoms with Crippen molar-refractivity contribution in [3.8, 4) is 0 Å². The molecule has 0 bridgehead atoms. The Labute approximate surface area is 55.5 Å². The van der Waals surface area contributed by atoms with E-state index in [0.717, 1.165) is 6.29 Å². The first-order chi connectivity index (χ1) is 4.35. The molecule has 2 nitrogen and oxygen atoms in total. The summed E-state index contributed by atoms with van der Waals surface area (Å²) in [6.45, 7) is 4.82. The van der Waals surface area contributed by atoms with Crippen LogP contribution in [0.5, 0.6) is 0 Å². The van der Waals surface area contributed by atoms with E-state index in [4.69, 9.17) is 4.74 Å². The molecule has 0 atom stereocenters. The molecule has 0 unspecified atom stereocenters. The Morgan fingerprint density at radius 1 is 1.67 bits per heavy atom. The van der Waals surface area contributed by atoms with Gasteiger partial charge in [-0.25, -0.2) is 0 Å². The lowest BCUT2D eigenvalue weighted by Crippen LogP contribution is -1.97. The topological polar surface area (TPSA) is 26.3 Å². The predicted molar refractivity (Wildman–Crippen MR) is 36.3 cm³/mol. The van der Waals surface area contributed by atoms with Crippen LogP contribution >= 0.6 is 0 Å². The smallest absolute Gasteiger partial charge is 0.148 e. The zero-order chi connectivity index (χ0) is 7.11. The lowest BCUT2D eigenvalue weighted by Gasteiger charge is -1.96. The van der Waals surface area contributed by atoms with Crippen LogP contribution in [0.3, 0.4) is 0 Å². The number of rotatable bonds is 4. The molecule has 0 radical (unpaired) electrons. The normalized spacial score (nSPS) is 11.6. The van der Waals surface area contributed by atoms with E-state index >= 15 is 0 Å². The minimum absolute atomic E-state index is 0.441. The van der Waals surface area contributed by atoms with Crippen molar-refractivity contribution in [3.05, 3.63) is 11.6 Å². The van der Waals surface area contributed by atoms with Gasteiger partial charge >= 0.3 is 0 Å². The van der Waals surface area contributed by atoms with Crippen molar-refractivity contribution in [1.29, 1.82) is 0 Å². The van der Waals surface area contributed by atoms with Gasteiger partial charge in [0.1, 0.15) is 6.29 Å². The van der Waals surface area contributed by atoms with Gasteiger partial charge in [-0.05, 0) is 13.8 Å². The quantitative estimate of drug-likeness (QED) is 0.419. The third-order valence-corrected chi connectivity index (χ3v) is 0.995. The summed E-state index contributed by atoms with van der Waals surface area (Å²) < 4.78 is 4.98. The second kappa shape index (κ2) is 5.51. The third kappa shape index (κ3) is 3.91. The van der Waals surface area contributed by atoms with E-state index in [1.807, 2.05) is 13.8 Å². The highest BCUT2D eigenvalue weighted by Gasteiger charge is 1.89. The molecule has 2 heteroatoms. The largest absolute Gasteiger partial charge is 0.377 e. The van der Waals surface area contributed by atoms with Crippen molar-refractivity contribution in [3.63, 3.8) is 0 Å². The minimum atomic E-state index is 0.441. The van der Waals surface area contributed by atoms with Gasteiger partial charge in [0.2, 0.25) is 0 Å². The molecular weight excluding hydrogens is 116 g/mol. The average Bonchev–Trinajstić information content (AvgIpc) is 1.91. The Morgan fingerprint density at radius 2 is 2.33 bits per heavy atom. The van der Waals surface area contributed by atoms with Gasteiger partial charge in [-0.15, -0.1) is 0 Å². The number of hydrogen-bond acceptors (Lipinski definition) is 2. The van der Waals surface area contributed by atoms with Gasteiger partial charge in [0, 0.05) is 12.2 Å². The van der Waals surface area contributed by atoms with E-state index in [9.17, 15) is 4.79 Å². The summed E-state index contributed by atoms with van der Waals surface area (Å²) in [5.41, 5.74) is 0.705. The van der Waals surface area contributed by atoms with Crippen LogP contribution in [-0.2, 0) is 9.53 Å².